The molecule has 1 aliphatic heterocycles. The minimum Gasteiger partial charge on any atom is -0.342 e. The van der Waals surface area contributed by atoms with Gasteiger partial charge in [-0.3, -0.25) is 4.79 Å². The first-order valence-electron chi connectivity index (χ1n) is 6.52. The van der Waals surface area contributed by atoms with Crippen molar-refractivity contribution in [2.45, 2.75) is 45.6 Å². The van der Waals surface area contributed by atoms with Crippen LogP contribution in [0.4, 0.5) is 0 Å². The Balaban J connectivity index is 1.92. The van der Waals surface area contributed by atoms with Gasteiger partial charge in [-0.05, 0) is 51.1 Å². The van der Waals surface area contributed by atoms with E-state index in [1.54, 1.807) is 0 Å². The van der Waals surface area contributed by atoms with Gasteiger partial charge in [0.1, 0.15) is 0 Å². The third-order valence-corrected chi connectivity index (χ3v) is 4.66. The van der Waals surface area contributed by atoms with Gasteiger partial charge in [-0.15, -0.1) is 0 Å². The molecule has 16 heavy (non-hydrogen) atoms. The third kappa shape index (κ3) is 2.24. The molecule has 1 N–H and O–H groups in total. The van der Waals surface area contributed by atoms with Crippen molar-refractivity contribution < 1.29 is 4.79 Å². The number of hydrogen-bond donors (Lipinski definition) is 1. The van der Waals surface area contributed by atoms with Crippen molar-refractivity contribution in [1.82, 2.24) is 10.2 Å². The fraction of sp³-hybridized carbons (Fsp3) is 0.923. The molecule has 92 valence electrons. The molecule has 1 heterocycles. The summed E-state index contributed by atoms with van der Waals surface area (Å²) in [5, 5.41) is 3.31. The summed E-state index contributed by atoms with van der Waals surface area (Å²) < 4.78 is 0. The van der Waals surface area contributed by atoms with Gasteiger partial charge < -0.3 is 10.2 Å². The van der Waals surface area contributed by atoms with Crippen LogP contribution in [0.2, 0.25) is 0 Å². The van der Waals surface area contributed by atoms with Crippen molar-refractivity contribution in [1.29, 1.82) is 0 Å². The van der Waals surface area contributed by atoms with Crippen molar-refractivity contribution in [3.63, 3.8) is 0 Å². The molecule has 0 radical (unpaired) electrons. The Morgan fingerprint density at radius 3 is 2.44 bits per heavy atom. The molecule has 1 aliphatic carbocycles. The van der Waals surface area contributed by atoms with E-state index in [0.717, 1.165) is 25.9 Å². The lowest BCUT2D eigenvalue weighted by Gasteiger charge is -2.34. The summed E-state index contributed by atoms with van der Waals surface area (Å²) in [7, 11) is 1.98. The second-order valence-electron chi connectivity index (χ2n) is 5.80. The normalized spacial score (nSPS) is 26.2. The van der Waals surface area contributed by atoms with Gasteiger partial charge in [0.25, 0.3) is 0 Å². The average molecular weight is 224 g/mol. The van der Waals surface area contributed by atoms with Crippen molar-refractivity contribution in [2.75, 3.05) is 20.1 Å². The molecule has 1 amide bonds. The number of carbonyl (C=O) groups excluding carboxylic acids is 1. The first-order chi connectivity index (χ1) is 7.54. The van der Waals surface area contributed by atoms with Crippen LogP contribution in [0.5, 0.6) is 0 Å². The monoisotopic (exact) mass is 224 g/mol. The highest BCUT2D eigenvalue weighted by atomic mass is 16.2. The summed E-state index contributed by atoms with van der Waals surface area (Å²) in [4.78, 5) is 14.3. The lowest BCUT2D eigenvalue weighted by atomic mass is 9.93. The van der Waals surface area contributed by atoms with Crippen LogP contribution in [0.1, 0.15) is 39.5 Å². The minimum atomic E-state index is 0.260. The minimum absolute atomic E-state index is 0.260. The van der Waals surface area contributed by atoms with Gasteiger partial charge in [0.05, 0.1) is 0 Å². The molecular formula is C13H24N2O. The van der Waals surface area contributed by atoms with Gasteiger partial charge in [0.2, 0.25) is 5.91 Å². The van der Waals surface area contributed by atoms with Crippen LogP contribution in [0, 0.1) is 11.3 Å². The van der Waals surface area contributed by atoms with E-state index in [1.165, 1.54) is 12.8 Å². The van der Waals surface area contributed by atoms with Crippen molar-refractivity contribution in [2.24, 2.45) is 11.3 Å². The highest BCUT2D eigenvalue weighted by Gasteiger charge is 2.45. The SMILES string of the molecule is CC(N(C)C(=O)C1CCNCC1)C1(C)CC1. The Morgan fingerprint density at radius 1 is 1.38 bits per heavy atom. The Bertz CT molecular complexity index is 267. The van der Waals surface area contributed by atoms with Crippen LogP contribution >= 0.6 is 0 Å². The van der Waals surface area contributed by atoms with Crippen LogP contribution in [-0.4, -0.2) is 37.0 Å². The second-order valence-corrected chi connectivity index (χ2v) is 5.80. The Hall–Kier alpha value is -0.570. The van der Waals surface area contributed by atoms with Crippen LogP contribution in [0.15, 0.2) is 0 Å². The lowest BCUT2D eigenvalue weighted by molar-refractivity contribution is -0.138. The number of amides is 1. The standard InChI is InChI=1S/C13H24N2O/c1-10(13(2)6-7-13)15(3)12(16)11-4-8-14-9-5-11/h10-11,14H,4-9H2,1-3H3. The summed E-state index contributed by atoms with van der Waals surface area (Å²) in [6.07, 6.45) is 4.56. The van der Waals surface area contributed by atoms with Crippen LogP contribution < -0.4 is 5.32 Å². The molecule has 3 nitrogen and oxygen atoms in total. The number of nitrogens with zero attached hydrogens (tertiary/aromatic N) is 1. The largest absolute Gasteiger partial charge is 0.342 e. The molecule has 1 unspecified atom stereocenters. The maximum Gasteiger partial charge on any atom is 0.225 e. The highest BCUT2D eigenvalue weighted by Crippen LogP contribution is 2.49. The Labute approximate surface area is 98.6 Å². The average Bonchev–Trinajstić information content (AvgIpc) is 3.07. The maximum atomic E-state index is 12.3. The van der Waals surface area contributed by atoms with Crippen molar-refractivity contribution in [3.8, 4) is 0 Å². The van der Waals surface area contributed by atoms with Crippen LogP contribution in [0.3, 0.4) is 0 Å². The van der Waals surface area contributed by atoms with Crippen LogP contribution in [-0.2, 0) is 4.79 Å². The fourth-order valence-electron chi connectivity index (χ4n) is 2.63. The predicted molar refractivity (Wildman–Crippen MR) is 65.2 cm³/mol. The van der Waals surface area contributed by atoms with E-state index < -0.39 is 0 Å². The molecule has 0 aromatic rings. The smallest absolute Gasteiger partial charge is 0.225 e. The summed E-state index contributed by atoms with van der Waals surface area (Å²) >= 11 is 0. The number of carbonyl (C=O) groups is 1. The highest BCUT2D eigenvalue weighted by molar-refractivity contribution is 5.79. The maximum absolute atomic E-state index is 12.3. The van der Waals surface area contributed by atoms with Gasteiger partial charge in [-0.2, -0.15) is 0 Å². The molecule has 0 spiro atoms. The van der Waals surface area contributed by atoms with Gasteiger partial charge >= 0.3 is 0 Å². The van der Waals surface area contributed by atoms with Gasteiger partial charge in [0.15, 0.2) is 0 Å². The summed E-state index contributed by atoms with van der Waals surface area (Å²) in [6.45, 7) is 6.49. The summed E-state index contributed by atoms with van der Waals surface area (Å²) in [5.41, 5.74) is 0.400. The van der Waals surface area contributed by atoms with E-state index in [2.05, 4.69) is 19.2 Å². The summed E-state index contributed by atoms with van der Waals surface area (Å²) in [5.74, 6) is 0.623. The number of hydrogen-bond acceptors (Lipinski definition) is 2. The molecular weight excluding hydrogens is 200 g/mol. The van der Waals surface area contributed by atoms with Gasteiger partial charge in [-0.25, -0.2) is 0 Å². The second kappa shape index (κ2) is 4.36. The van der Waals surface area contributed by atoms with E-state index in [4.69, 9.17) is 0 Å². The molecule has 0 aromatic carbocycles. The van der Waals surface area contributed by atoms with E-state index in [0.29, 0.717) is 17.4 Å². The fourth-order valence-corrected chi connectivity index (χ4v) is 2.63. The van der Waals surface area contributed by atoms with Crippen molar-refractivity contribution in [3.05, 3.63) is 0 Å². The molecule has 0 aromatic heterocycles. The zero-order valence-electron chi connectivity index (χ0n) is 10.8. The molecule has 2 rings (SSSR count). The number of nitrogens with one attached hydrogen (secondary N) is 1. The quantitative estimate of drug-likeness (QED) is 0.790. The van der Waals surface area contributed by atoms with E-state index >= 15 is 0 Å². The zero-order valence-corrected chi connectivity index (χ0v) is 10.8. The predicted octanol–water partition coefficient (Wildman–Crippen LogP) is 1.63. The van der Waals surface area contributed by atoms with E-state index in [9.17, 15) is 4.79 Å². The topological polar surface area (TPSA) is 32.3 Å². The van der Waals surface area contributed by atoms with Crippen molar-refractivity contribution >= 4 is 5.91 Å². The van der Waals surface area contributed by atoms with E-state index in [-0.39, 0.29) is 5.92 Å². The molecule has 1 saturated carbocycles. The van der Waals surface area contributed by atoms with Gasteiger partial charge in [0, 0.05) is 19.0 Å². The lowest BCUT2D eigenvalue weighted by Crippen LogP contribution is -2.45. The third-order valence-electron chi connectivity index (χ3n) is 4.66. The first kappa shape index (κ1) is 11.9. The first-order valence-corrected chi connectivity index (χ1v) is 6.52. The Kier molecular flexibility index (Phi) is 3.24. The Morgan fingerprint density at radius 2 is 1.94 bits per heavy atom. The van der Waals surface area contributed by atoms with E-state index in [1.807, 2.05) is 11.9 Å². The summed E-state index contributed by atoms with van der Waals surface area (Å²) in [6, 6.07) is 0.398. The zero-order chi connectivity index (χ0) is 11.8. The molecule has 2 aliphatic rings. The van der Waals surface area contributed by atoms with Gasteiger partial charge in [-0.1, -0.05) is 6.92 Å². The van der Waals surface area contributed by atoms with Crippen LogP contribution in [0.25, 0.3) is 0 Å². The number of piperidine rings is 1. The molecule has 2 fully saturated rings. The molecule has 1 atom stereocenters. The number of rotatable bonds is 3. The molecule has 1 saturated heterocycles. The molecule has 0 bridgehead atoms. The molecule has 3 heteroatoms.